The lowest BCUT2D eigenvalue weighted by molar-refractivity contribution is 0.0760. The molecule has 1 aliphatic carbocycles. The molecular weight excluding hydrogens is 310 g/mol. The summed E-state index contributed by atoms with van der Waals surface area (Å²) >= 11 is 0. The highest BCUT2D eigenvalue weighted by molar-refractivity contribution is 5.97. The van der Waals surface area contributed by atoms with E-state index in [-0.39, 0.29) is 5.91 Å². The van der Waals surface area contributed by atoms with Crippen LogP contribution in [0.4, 0.5) is 0 Å². The van der Waals surface area contributed by atoms with Gasteiger partial charge in [0.1, 0.15) is 0 Å². The predicted molar refractivity (Wildman–Crippen MR) is 102 cm³/mol. The van der Waals surface area contributed by atoms with Crippen LogP contribution in [0.5, 0.6) is 0 Å². The molecule has 4 rings (SSSR count). The summed E-state index contributed by atoms with van der Waals surface area (Å²) in [5, 5.41) is 1.16. The van der Waals surface area contributed by atoms with E-state index < -0.39 is 0 Å². The van der Waals surface area contributed by atoms with Crippen molar-refractivity contribution in [1.29, 1.82) is 0 Å². The van der Waals surface area contributed by atoms with E-state index >= 15 is 0 Å². The predicted octanol–water partition coefficient (Wildman–Crippen LogP) is 3.90. The zero-order valence-electron chi connectivity index (χ0n) is 15.0. The number of nitrogens with one attached hydrogen (secondary N) is 1. The Hall–Kier alpha value is -1.81. The first-order chi connectivity index (χ1) is 12.3. The van der Waals surface area contributed by atoms with E-state index in [1.54, 1.807) is 0 Å². The molecule has 0 spiro atoms. The topological polar surface area (TPSA) is 39.3 Å². The standard InChI is InChI=1S/C21H29N3O/c25-21(19-8-7-18-9-10-22-20(18)15-19)24-12-4-11-23(13-14-24)16-17-5-2-1-3-6-17/h7-10,15,17,22H,1-6,11-14,16H2. The highest BCUT2D eigenvalue weighted by Gasteiger charge is 2.23. The van der Waals surface area contributed by atoms with Gasteiger partial charge in [-0.15, -0.1) is 0 Å². The van der Waals surface area contributed by atoms with Gasteiger partial charge < -0.3 is 14.8 Å². The fraction of sp³-hybridized carbons (Fsp3) is 0.571. The number of aromatic amines is 1. The highest BCUT2D eigenvalue weighted by atomic mass is 16.2. The third-order valence-electron chi connectivity index (χ3n) is 5.92. The van der Waals surface area contributed by atoms with Crippen LogP contribution in [-0.2, 0) is 0 Å². The molecule has 1 saturated heterocycles. The molecule has 4 heteroatoms. The molecule has 0 radical (unpaired) electrons. The second-order valence-corrected chi connectivity index (χ2v) is 7.73. The van der Waals surface area contributed by atoms with Gasteiger partial charge in [0.15, 0.2) is 0 Å². The Labute approximate surface area is 150 Å². The normalized spacial score (nSPS) is 20.7. The summed E-state index contributed by atoms with van der Waals surface area (Å²) in [6.07, 6.45) is 10.0. The zero-order valence-corrected chi connectivity index (χ0v) is 15.0. The molecule has 1 aliphatic heterocycles. The Morgan fingerprint density at radius 2 is 1.88 bits per heavy atom. The summed E-state index contributed by atoms with van der Waals surface area (Å²) in [6.45, 7) is 5.12. The first-order valence-electron chi connectivity index (χ1n) is 9.88. The molecule has 0 unspecified atom stereocenters. The van der Waals surface area contributed by atoms with Crippen molar-refractivity contribution < 1.29 is 4.79 Å². The van der Waals surface area contributed by atoms with Crippen molar-refractivity contribution >= 4 is 16.8 Å². The molecule has 1 aromatic carbocycles. The monoisotopic (exact) mass is 339 g/mol. The van der Waals surface area contributed by atoms with Crippen LogP contribution in [0.25, 0.3) is 10.9 Å². The van der Waals surface area contributed by atoms with Gasteiger partial charge in [-0.25, -0.2) is 0 Å². The molecular formula is C21H29N3O. The smallest absolute Gasteiger partial charge is 0.253 e. The number of hydrogen-bond donors (Lipinski definition) is 1. The molecule has 4 nitrogen and oxygen atoms in total. The van der Waals surface area contributed by atoms with Gasteiger partial charge in [-0.1, -0.05) is 25.3 Å². The summed E-state index contributed by atoms with van der Waals surface area (Å²) in [4.78, 5) is 20.8. The minimum Gasteiger partial charge on any atom is -0.361 e. The SMILES string of the molecule is O=C(c1ccc2cc[nH]c2c1)N1CCCN(CC2CCCCC2)CC1. The van der Waals surface area contributed by atoms with Crippen molar-refractivity contribution in [2.24, 2.45) is 5.92 Å². The van der Waals surface area contributed by atoms with E-state index in [1.807, 2.05) is 35.4 Å². The Bertz CT molecular complexity index is 717. The first-order valence-corrected chi connectivity index (χ1v) is 9.88. The third kappa shape index (κ3) is 3.90. The van der Waals surface area contributed by atoms with Crippen LogP contribution >= 0.6 is 0 Å². The maximum absolute atomic E-state index is 12.9. The van der Waals surface area contributed by atoms with E-state index in [9.17, 15) is 4.79 Å². The van der Waals surface area contributed by atoms with Crippen molar-refractivity contribution in [3.8, 4) is 0 Å². The lowest BCUT2D eigenvalue weighted by Gasteiger charge is -2.28. The fourth-order valence-corrected chi connectivity index (χ4v) is 4.45. The van der Waals surface area contributed by atoms with Crippen molar-refractivity contribution in [3.63, 3.8) is 0 Å². The number of nitrogens with zero attached hydrogens (tertiary/aromatic N) is 2. The number of rotatable bonds is 3. The van der Waals surface area contributed by atoms with Crippen molar-refractivity contribution in [1.82, 2.24) is 14.8 Å². The van der Waals surface area contributed by atoms with Gasteiger partial charge in [0.25, 0.3) is 5.91 Å². The highest BCUT2D eigenvalue weighted by Crippen LogP contribution is 2.25. The molecule has 134 valence electrons. The summed E-state index contributed by atoms with van der Waals surface area (Å²) in [5.74, 6) is 1.06. The Balaban J connectivity index is 1.37. The molecule has 1 saturated carbocycles. The number of carbonyl (C=O) groups excluding carboxylic acids is 1. The molecule has 1 aromatic heterocycles. The average molecular weight is 339 g/mol. The molecule has 0 atom stereocenters. The quantitative estimate of drug-likeness (QED) is 0.921. The summed E-state index contributed by atoms with van der Waals surface area (Å²) in [5.41, 5.74) is 1.84. The largest absolute Gasteiger partial charge is 0.361 e. The lowest BCUT2D eigenvalue weighted by Crippen LogP contribution is -2.36. The minimum atomic E-state index is 0.177. The van der Waals surface area contributed by atoms with Crippen LogP contribution in [0, 0.1) is 5.92 Å². The van der Waals surface area contributed by atoms with Gasteiger partial charge in [0, 0.05) is 43.5 Å². The third-order valence-corrected chi connectivity index (χ3v) is 5.92. The van der Waals surface area contributed by atoms with Crippen LogP contribution < -0.4 is 0 Å². The Morgan fingerprint density at radius 3 is 2.76 bits per heavy atom. The summed E-state index contributed by atoms with van der Waals surface area (Å²) in [6, 6.07) is 8.02. The molecule has 2 heterocycles. The number of amides is 1. The van der Waals surface area contributed by atoms with E-state index in [0.717, 1.165) is 55.0 Å². The molecule has 2 aliphatic rings. The van der Waals surface area contributed by atoms with Gasteiger partial charge in [-0.05, 0) is 55.3 Å². The van der Waals surface area contributed by atoms with Crippen LogP contribution in [0.1, 0.15) is 48.9 Å². The molecule has 1 amide bonds. The molecule has 0 bridgehead atoms. The molecule has 2 aromatic rings. The number of fused-ring (bicyclic) bond motifs is 1. The lowest BCUT2D eigenvalue weighted by atomic mass is 9.89. The van der Waals surface area contributed by atoms with E-state index in [1.165, 1.54) is 38.6 Å². The average Bonchev–Trinajstić information content (AvgIpc) is 3.00. The second-order valence-electron chi connectivity index (χ2n) is 7.73. The molecule has 1 N–H and O–H groups in total. The summed E-state index contributed by atoms with van der Waals surface area (Å²) < 4.78 is 0. The molecule has 25 heavy (non-hydrogen) atoms. The van der Waals surface area contributed by atoms with Gasteiger partial charge in [0.2, 0.25) is 0 Å². The number of H-pyrrole nitrogens is 1. The van der Waals surface area contributed by atoms with Gasteiger partial charge >= 0.3 is 0 Å². The number of benzene rings is 1. The van der Waals surface area contributed by atoms with Crippen molar-refractivity contribution in [2.45, 2.75) is 38.5 Å². The van der Waals surface area contributed by atoms with Gasteiger partial charge in [0.05, 0.1) is 0 Å². The van der Waals surface area contributed by atoms with Crippen LogP contribution in [0.15, 0.2) is 30.5 Å². The second kappa shape index (κ2) is 7.61. The minimum absolute atomic E-state index is 0.177. The number of aromatic nitrogens is 1. The fourth-order valence-electron chi connectivity index (χ4n) is 4.45. The van der Waals surface area contributed by atoms with Crippen molar-refractivity contribution in [2.75, 3.05) is 32.7 Å². The maximum Gasteiger partial charge on any atom is 0.253 e. The number of hydrogen-bond acceptors (Lipinski definition) is 2. The summed E-state index contributed by atoms with van der Waals surface area (Å²) in [7, 11) is 0. The van der Waals surface area contributed by atoms with Crippen LogP contribution in [0.3, 0.4) is 0 Å². The van der Waals surface area contributed by atoms with E-state index in [2.05, 4.69) is 9.88 Å². The van der Waals surface area contributed by atoms with Crippen LogP contribution in [0.2, 0.25) is 0 Å². The molecule has 2 fully saturated rings. The number of carbonyl (C=O) groups is 1. The van der Waals surface area contributed by atoms with E-state index in [4.69, 9.17) is 0 Å². The van der Waals surface area contributed by atoms with E-state index in [0.29, 0.717) is 0 Å². The zero-order chi connectivity index (χ0) is 17.1. The first kappa shape index (κ1) is 16.6. The van der Waals surface area contributed by atoms with Gasteiger partial charge in [-0.2, -0.15) is 0 Å². The van der Waals surface area contributed by atoms with Crippen LogP contribution in [-0.4, -0.2) is 53.4 Å². The van der Waals surface area contributed by atoms with Crippen molar-refractivity contribution in [3.05, 3.63) is 36.0 Å². The Morgan fingerprint density at radius 1 is 1.00 bits per heavy atom. The van der Waals surface area contributed by atoms with Gasteiger partial charge in [-0.3, -0.25) is 4.79 Å². The maximum atomic E-state index is 12.9. The Kier molecular flexibility index (Phi) is 5.07.